The number of aromatic nitrogens is 3. The number of ether oxygens (including phenoxy) is 1. The van der Waals surface area contributed by atoms with Crippen molar-refractivity contribution >= 4 is 40.3 Å². The van der Waals surface area contributed by atoms with Gasteiger partial charge >= 0.3 is 0 Å². The first-order valence-corrected chi connectivity index (χ1v) is 13.9. The van der Waals surface area contributed by atoms with Gasteiger partial charge in [0.15, 0.2) is 5.58 Å². The number of methoxy groups -OCH3 is 1. The van der Waals surface area contributed by atoms with Gasteiger partial charge in [0.1, 0.15) is 28.3 Å². The third-order valence-electron chi connectivity index (χ3n) is 8.59. The normalized spacial score (nSPS) is 21.0. The number of carbonyl (C=O) groups is 3. The van der Waals surface area contributed by atoms with Crippen molar-refractivity contribution in [2.75, 3.05) is 18.6 Å². The molecule has 1 saturated heterocycles. The molecular weight excluding hydrogens is 524 g/mol. The molecule has 0 spiro atoms. The molecule has 2 aliphatic heterocycles. The topological polar surface area (TPSA) is 134 Å². The zero-order valence-electron chi connectivity index (χ0n) is 22.7. The van der Waals surface area contributed by atoms with E-state index in [2.05, 4.69) is 20.4 Å². The van der Waals surface area contributed by atoms with Gasteiger partial charge < -0.3 is 19.0 Å². The number of aromatic amines is 1. The van der Waals surface area contributed by atoms with E-state index >= 15 is 0 Å². The van der Waals surface area contributed by atoms with Gasteiger partial charge in [-0.2, -0.15) is 5.10 Å². The summed E-state index contributed by atoms with van der Waals surface area (Å²) in [6.45, 7) is 0.321. The zero-order chi connectivity index (χ0) is 28.1. The maximum absolute atomic E-state index is 13.4. The molecule has 0 bridgehead atoms. The average molecular weight is 555 g/mol. The van der Waals surface area contributed by atoms with Crippen LogP contribution >= 0.6 is 0 Å². The molecule has 41 heavy (non-hydrogen) atoms. The van der Waals surface area contributed by atoms with Gasteiger partial charge in [-0.15, -0.1) is 0 Å². The van der Waals surface area contributed by atoms with Crippen LogP contribution < -0.4 is 15.0 Å². The van der Waals surface area contributed by atoms with Crippen LogP contribution in [0.3, 0.4) is 0 Å². The summed E-state index contributed by atoms with van der Waals surface area (Å²) in [6.07, 6.45) is 9.22. The van der Waals surface area contributed by atoms with Crippen molar-refractivity contribution in [2.45, 2.75) is 56.5 Å². The zero-order valence-corrected chi connectivity index (χ0v) is 22.7. The van der Waals surface area contributed by atoms with E-state index in [0.29, 0.717) is 40.8 Å². The highest BCUT2D eigenvalue weighted by atomic mass is 16.5. The Morgan fingerprint density at radius 2 is 1.98 bits per heavy atom. The minimum atomic E-state index is -1.37. The second kappa shape index (κ2) is 9.76. The Kier molecular flexibility index (Phi) is 6.02. The van der Waals surface area contributed by atoms with E-state index in [4.69, 9.17) is 14.1 Å². The van der Waals surface area contributed by atoms with Crippen molar-refractivity contribution in [2.24, 2.45) is 0 Å². The van der Waals surface area contributed by atoms with Gasteiger partial charge in [0, 0.05) is 37.0 Å². The average Bonchev–Trinajstić information content (AvgIpc) is 3.77. The van der Waals surface area contributed by atoms with Crippen LogP contribution in [0.5, 0.6) is 5.75 Å². The summed E-state index contributed by atoms with van der Waals surface area (Å²) >= 11 is 0. The fourth-order valence-corrected chi connectivity index (χ4v) is 6.50. The number of benzene rings is 1. The number of anilines is 2. The van der Waals surface area contributed by atoms with Crippen molar-refractivity contribution in [3.63, 3.8) is 0 Å². The second-order valence-electron chi connectivity index (χ2n) is 11.1. The number of hydrogen-bond donors (Lipinski definition) is 2. The first-order valence-electron chi connectivity index (χ1n) is 13.9. The SMILES string of the molecule is COc1ccc2c(c1)C(=O)N(C[C@@]1(c3cc4nc(N(c5cn[nH]c5)C5CCCCC5)ccc4o3)CC(=O)NC1=O)C2. The molecule has 11 nitrogen and oxygen atoms in total. The van der Waals surface area contributed by atoms with Gasteiger partial charge in [-0.05, 0) is 42.7 Å². The Morgan fingerprint density at radius 3 is 2.71 bits per heavy atom. The monoisotopic (exact) mass is 554 g/mol. The number of pyridine rings is 1. The van der Waals surface area contributed by atoms with E-state index < -0.39 is 17.2 Å². The lowest BCUT2D eigenvalue weighted by atomic mass is 9.82. The fourth-order valence-electron chi connectivity index (χ4n) is 6.50. The summed E-state index contributed by atoms with van der Waals surface area (Å²) in [5.41, 5.74) is 2.03. The minimum Gasteiger partial charge on any atom is -0.497 e. The van der Waals surface area contributed by atoms with Gasteiger partial charge in [0.25, 0.3) is 5.91 Å². The van der Waals surface area contributed by atoms with Crippen molar-refractivity contribution in [1.29, 1.82) is 0 Å². The molecule has 1 atom stereocenters. The first kappa shape index (κ1) is 25.3. The summed E-state index contributed by atoms with van der Waals surface area (Å²) < 4.78 is 11.5. The van der Waals surface area contributed by atoms with Crippen LogP contribution in [0.4, 0.5) is 11.5 Å². The smallest absolute Gasteiger partial charge is 0.254 e. The molecule has 5 heterocycles. The van der Waals surface area contributed by atoms with E-state index in [1.54, 1.807) is 36.4 Å². The lowest BCUT2D eigenvalue weighted by Crippen LogP contribution is -2.46. The Morgan fingerprint density at radius 1 is 1.12 bits per heavy atom. The highest BCUT2D eigenvalue weighted by Crippen LogP contribution is 2.40. The van der Waals surface area contributed by atoms with Crippen molar-refractivity contribution in [1.82, 2.24) is 25.4 Å². The number of furan rings is 1. The Bertz CT molecular complexity index is 1660. The predicted octanol–water partition coefficient (Wildman–Crippen LogP) is 3.97. The van der Waals surface area contributed by atoms with E-state index in [9.17, 15) is 14.4 Å². The maximum atomic E-state index is 13.4. The molecular formula is C30H30N6O5. The van der Waals surface area contributed by atoms with Crippen molar-refractivity contribution < 1.29 is 23.5 Å². The number of fused-ring (bicyclic) bond motifs is 2. The number of nitrogens with one attached hydrogen (secondary N) is 2. The van der Waals surface area contributed by atoms with Gasteiger partial charge in [-0.25, -0.2) is 4.98 Å². The van der Waals surface area contributed by atoms with Crippen LogP contribution in [-0.4, -0.2) is 57.5 Å². The lowest BCUT2D eigenvalue weighted by molar-refractivity contribution is -0.127. The third kappa shape index (κ3) is 4.23. The molecule has 3 aromatic heterocycles. The quantitative estimate of drug-likeness (QED) is 0.328. The molecule has 11 heteroatoms. The molecule has 3 amide bonds. The highest BCUT2D eigenvalue weighted by Gasteiger charge is 2.53. The van der Waals surface area contributed by atoms with E-state index in [-0.39, 0.29) is 18.9 Å². The Labute approximate surface area is 235 Å². The molecule has 3 aliphatic rings. The molecule has 1 aliphatic carbocycles. The summed E-state index contributed by atoms with van der Waals surface area (Å²) in [5, 5.41) is 9.50. The number of carbonyl (C=O) groups excluding carboxylic acids is 3. The predicted molar refractivity (Wildman–Crippen MR) is 149 cm³/mol. The van der Waals surface area contributed by atoms with Crippen LogP contribution in [0.2, 0.25) is 0 Å². The van der Waals surface area contributed by atoms with Gasteiger partial charge in [0.2, 0.25) is 11.8 Å². The van der Waals surface area contributed by atoms with E-state index in [1.165, 1.54) is 6.42 Å². The summed E-state index contributed by atoms with van der Waals surface area (Å²) in [4.78, 5) is 48.1. The highest BCUT2D eigenvalue weighted by molar-refractivity contribution is 6.10. The molecule has 210 valence electrons. The van der Waals surface area contributed by atoms with Crippen LogP contribution in [0, 0.1) is 0 Å². The third-order valence-corrected chi connectivity index (χ3v) is 8.59. The number of H-pyrrole nitrogens is 1. The van der Waals surface area contributed by atoms with Gasteiger partial charge in [-0.3, -0.25) is 24.8 Å². The van der Waals surface area contributed by atoms with Crippen molar-refractivity contribution in [3.8, 4) is 5.75 Å². The van der Waals surface area contributed by atoms with Crippen molar-refractivity contribution in [3.05, 3.63) is 65.7 Å². The number of hydrogen-bond acceptors (Lipinski definition) is 8. The summed E-state index contributed by atoms with van der Waals surface area (Å²) in [5.74, 6) is 0.556. The standard InChI is InChI=1S/C30H30N6O5/c1-40-21-8-7-18-16-35(28(38)22(18)11-21)17-30(13-27(37)34-29(30)39)25-12-23-24(41-25)9-10-26(33-23)36(20-14-31-32-15-20)19-5-3-2-4-6-19/h7-12,14-15,19H,2-6,13,16-17H2,1H3,(H,31,32)(H,34,37,39)/t30-/m1/s1. The second-order valence-corrected chi connectivity index (χ2v) is 11.1. The fraction of sp³-hybridized carbons (Fsp3) is 0.367. The lowest BCUT2D eigenvalue weighted by Gasteiger charge is -2.34. The molecule has 0 unspecified atom stereocenters. The molecule has 2 fully saturated rings. The van der Waals surface area contributed by atoms with Crippen LogP contribution in [0.15, 0.2) is 53.2 Å². The summed E-state index contributed by atoms with van der Waals surface area (Å²) in [6, 6.07) is 11.2. The Hall–Kier alpha value is -4.67. The molecule has 7 rings (SSSR count). The number of imide groups is 1. The van der Waals surface area contributed by atoms with Gasteiger partial charge in [0.05, 0.1) is 25.4 Å². The number of amides is 3. The molecule has 1 aromatic carbocycles. The molecule has 1 saturated carbocycles. The Balaban J connectivity index is 1.25. The molecule has 2 N–H and O–H groups in total. The minimum absolute atomic E-state index is 0.00367. The van der Waals surface area contributed by atoms with Crippen LogP contribution in [-0.2, 0) is 21.5 Å². The van der Waals surface area contributed by atoms with E-state index in [1.807, 2.05) is 24.4 Å². The van der Waals surface area contributed by atoms with E-state index in [0.717, 1.165) is 42.8 Å². The molecule has 0 radical (unpaired) electrons. The van der Waals surface area contributed by atoms with Crippen LogP contribution in [0.25, 0.3) is 11.1 Å². The summed E-state index contributed by atoms with van der Waals surface area (Å²) in [7, 11) is 1.55. The van der Waals surface area contributed by atoms with Gasteiger partial charge in [-0.1, -0.05) is 25.3 Å². The first-order chi connectivity index (χ1) is 19.9. The molecule has 4 aromatic rings. The largest absolute Gasteiger partial charge is 0.497 e. The van der Waals surface area contributed by atoms with Crippen LogP contribution in [0.1, 0.15) is 60.2 Å². The number of nitrogens with zero attached hydrogens (tertiary/aromatic N) is 4. The number of rotatable bonds is 7. The maximum Gasteiger partial charge on any atom is 0.254 e.